The summed E-state index contributed by atoms with van der Waals surface area (Å²) in [6.07, 6.45) is 6.05. The van der Waals surface area contributed by atoms with Crippen LogP contribution in [0, 0.1) is 0 Å². The summed E-state index contributed by atoms with van der Waals surface area (Å²) >= 11 is 0. The van der Waals surface area contributed by atoms with Gasteiger partial charge in [-0.3, -0.25) is 4.90 Å². The Balaban J connectivity index is 1.84. The molecule has 4 aliphatic rings. The van der Waals surface area contributed by atoms with E-state index in [1.807, 2.05) is 0 Å². The molecule has 3 saturated heterocycles. The standard InChI is InChI=1S/C7H11N/c1-2-4-6-7-5(3-1)8(6)7/h5-7H,1-4H2. The fraction of sp³-hybridized carbons (Fsp3) is 1.00. The molecule has 1 aliphatic carbocycles. The number of nitrogens with zero attached hydrogens (tertiary/aromatic N) is 1. The molecule has 4 rings (SSSR count). The molecule has 1 nitrogen and oxygen atoms in total. The first-order valence-corrected chi connectivity index (χ1v) is 3.76. The van der Waals surface area contributed by atoms with E-state index < -0.39 is 0 Å². The first-order valence-electron chi connectivity index (χ1n) is 3.76. The second-order valence-electron chi connectivity index (χ2n) is 3.36. The average Bonchev–Trinajstić information content (AvgIpc) is 2.59. The Bertz CT molecular complexity index is 96.3. The highest BCUT2D eigenvalue weighted by Crippen LogP contribution is 2.57. The summed E-state index contributed by atoms with van der Waals surface area (Å²) in [5.41, 5.74) is 0. The van der Waals surface area contributed by atoms with Crippen molar-refractivity contribution in [2.24, 2.45) is 0 Å². The van der Waals surface area contributed by atoms with Gasteiger partial charge in [0, 0.05) is 18.1 Å². The maximum Gasteiger partial charge on any atom is 0.0414 e. The van der Waals surface area contributed by atoms with Crippen molar-refractivity contribution in [1.29, 1.82) is 0 Å². The van der Waals surface area contributed by atoms with Gasteiger partial charge in [0.25, 0.3) is 0 Å². The third kappa shape index (κ3) is 0.278. The largest absolute Gasteiger partial charge is 0.288 e. The normalized spacial score (nSPS) is 66.0. The van der Waals surface area contributed by atoms with Gasteiger partial charge >= 0.3 is 0 Å². The average molecular weight is 109 g/mol. The van der Waals surface area contributed by atoms with Crippen molar-refractivity contribution < 1.29 is 0 Å². The lowest BCUT2D eigenvalue weighted by Gasteiger charge is -2.00. The van der Waals surface area contributed by atoms with Crippen LogP contribution in [-0.4, -0.2) is 23.0 Å². The predicted octanol–water partition coefficient (Wildman–Crippen LogP) is 0.995. The highest BCUT2D eigenvalue weighted by molar-refractivity contribution is 5.27. The first kappa shape index (κ1) is 3.89. The maximum absolute atomic E-state index is 2.67. The Hall–Kier alpha value is -0.0400. The molecular formula is C7H11N. The molecule has 2 unspecified atom stereocenters. The number of rotatable bonds is 0. The SMILES string of the molecule is C1CCC2C3C(C1)N23. The highest BCUT2D eigenvalue weighted by Gasteiger charge is 2.70. The van der Waals surface area contributed by atoms with Gasteiger partial charge in [0.05, 0.1) is 0 Å². The number of fused-ring (bicyclic) bond motifs is 3. The van der Waals surface area contributed by atoms with Crippen molar-refractivity contribution >= 4 is 0 Å². The smallest absolute Gasteiger partial charge is 0.0414 e. The van der Waals surface area contributed by atoms with Crippen molar-refractivity contribution in [3.63, 3.8) is 0 Å². The van der Waals surface area contributed by atoms with Crippen LogP contribution in [-0.2, 0) is 0 Å². The van der Waals surface area contributed by atoms with Gasteiger partial charge in [-0.1, -0.05) is 12.8 Å². The minimum atomic E-state index is 1.09. The lowest BCUT2D eigenvalue weighted by atomic mass is 10.1. The molecule has 1 heteroatoms. The van der Waals surface area contributed by atoms with Crippen LogP contribution in [0.3, 0.4) is 0 Å². The molecule has 1 saturated carbocycles. The monoisotopic (exact) mass is 109 g/mol. The van der Waals surface area contributed by atoms with Crippen LogP contribution in [0.15, 0.2) is 0 Å². The molecule has 44 valence electrons. The lowest BCUT2D eigenvalue weighted by Crippen LogP contribution is -2.12. The summed E-state index contributed by atoms with van der Waals surface area (Å²) in [5, 5.41) is 0. The van der Waals surface area contributed by atoms with Crippen molar-refractivity contribution in [2.45, 2.75) is 43.8 Å². The van der Waals surface area contributed by atoms with E-state index in [0.717, 1.165) is 18.1 Å². The Labute approximate surface area is 49.7 Å². The van der Waals surface area contributed by atoms with Crippen LogP contribution in [0.4, 0.5) is 0 Å². The Morgan fingerprint density at radius 1 is 1.00 bits per heavy atom. The topological polar surface area (TPSA) is 3.01 Å². The lowest BCUT2D eigenvalue weighted by molar-refractivity contribution is 0.524. The highest BCUT2D eigenvalue weighted by atomic mass is 15.5. The molecule has 2 atom stereocenters. The fourth-order valence-corrected chi connectivity index (χ4v) is 2.39. The van der Waals surface area contributed by atoms with Crippen molar-refractivity contribution in [2.75, 3.05) is 0 Å². The fourth-order valence-electron chi connectivity index (χ4n) is 2.39. The van der Waals surface area contributed by atoms with E-state index in [4.69, 9.17) is 0 Å². The predicted molar refractivity (Wildman–Crippen MR) is 31.7 cm³/mol. The summed E-state index contributed by atoms with van der Waals surface area (Å²) in [6.45, 7) is 0. The number of hydrogen-bond acceptors (Lipinski definition) is 1. The molecule has 0 aromatic carbocycles. The first-order chi connectivity index (χ1) is 3.98. The van der Waals surface area contributed by atoms with E-state index in [9.17, 15) is 0 Å². The van der Waals surface area contributed by atoms with Gasteiger partial charge in [-0.25, -0.2) is 0 Å². The quantitative estimate of drug-likeness (QED) is 0.419. The van der Waals surface area contributed by atoms with Crippen LogP contribution < -0.4 is 0 Å². The van der Waals surface area contributed by atoms with Crippen molar-refractivity contribution in [3.8, 4) is 0 Å². The van der Waals surface area contributed by atoms with Gasteiger partial charge in [-0.05, 0) is 12.8 Å². The molecule has 0 amide bonds. The minimum Gasteiger partial charge on any atom is -0.288 e. The van der Waals surface area contributed by atoms with Crippen LogP contribution in [0.1, 0.15) is 25.7 Å². The second kappa shape index (κ2) is 0.971. The Morgan fingerprint density at radius 2 is 1.50 bits per heavy atom. The third-order valence-corrected chi connectivity index (χ3v) is 2.97. The second-order valence-corrected chi connectivity index (χ2v) is 3.36. The molecule has 0 N–H and O–H groups in total. The molecular weight excluding hydrogens is 98.1 g/mol. The molecule has 0 radical (unpaired) electrons. The van der Waals surface area contributed by atoms with Crippen LogP contribution >= 0.6 is 0 Å². The molecule has 3 aliphatic heterocycles. The molecule has 0 aromatic rings. The summed E-state index contributed by atoms with van der Waals surface area (Å²) < 4.78 is 0. The van der Waals surface area contributed by atoms with Crippen LogP contribution in [0.2, 0.25) is 0 Å². The van der Waals surface area contributed by atoms with Crippen LogP contribution in [0.25, 0.3) is 0 Å². The molecule has 3 heterocycles. The van der Waals surface area contributed by atoms with Gasteiger partial charge in [0.2, 0.25) is 0 Å². The van der Waals surface area contributed by atoms with E-state index in [1.165, 1.54) is 25.7 Å². The van der Waals surface area contributed by atoms with E-state index in [-0.39, 0.29) is 0 Å². The molecule has 8 heavy (non-hydrogen) atoms. The summed E-state index contributed by atoms with van der Waals surface area (Å²) in [5.74, 6) is 0. The summed E-state index contributed by atoms with van der Waals surface area (Å²) in [6, 6.07) is 3.28. The number of hydrogen-bond donors (Lipinski definition) is 0. The van der Waals surface area contributed by atoms with Crippen molar-refractivity contribution in [1.82, 2.24) is 4.90 Å². The summed E-state index contributed by atoms with van der Waals surface area (Å²) in [4.78, 5) is 2.67. The molecule has 4 fully saturated rings. The third-order valence-electron chi connectivity index (χ3n) is 2.97. The van der Waals surface area contributed by atoms with Crippen molar-refractivity contribution in [3.05, 3.63) is 0 Å². The molecule has 2 bridgehead atoms. The maximum atomic E-state index is 2.67. The van der Waals surface area contributed by atoms with E-state index >= 15 is 0 Å². The molecule has 0 spiro atoms. The van der Waals surface area contributed by atoms with Gasteiger partial charge in [-0.15, -0.1) is 0 Å². The zero-order valence-corrected chi connectivity index (χ0v) is 5.01. The van der Waals surface area contributed by atoms with Gasteiger partial charge in [0.15, 0.2) is 0 Å². The van der Waals surface area contributed by atoms with E-state index in [0.29, 0.717) is 0 Å². The van der Waals surface area contributed by atoms with E-state index in [1.54, 1.807) is 0 Å². The summed E-state index contributed by atoms with van der Waals surface area (Å²) in [7, 11) is 0. The van der Waals surface area contributed by atoms with Gasteiger partial charge < -0.3 is 0 Å². The van der Waals surface area contributed by atoms with Gasteiger partial charge in [-0.2, -0.15) is 0 Å². The Kier molecular flexibility index (Phi) is 0.472. The molecule has 0 aromatic heterocycles. The van der Waals surface area contributed by atoms with Gasteiger partial charge in [0.1, 0.15) is 0 Å². The van der Waals surface area contributed by atoms with Crippen LogP contribution in [0.5, 0.6) is 0 Å². The zero-order chi connectivity index (χ0) is 5.14. The zero-order valence-electron chi connectivity index (χ0n) is 5.01. The minimum absolute atomic E-state index is 1.09. The van der Waals surface area contributed by atoms with E-state index in [2.05, 4.69) is 4.90 Å². The Morgan fingerprint density at radius 3 is 2.00 bits per heavy atom.